The van der Waals surface area contributed by atoms with E-state index in [1.54, 1.807) is 37.2 Å². The zero-order chi connectivity index (χ0) is 17.4. The van der Waals surface area contributed by atoms with Gasteiger partial charge in [0, 0.05) is 27.1 Å². The van der Waals surface area contributed by atoms with Crippen molar-refractivity contribution in [1.29, 1.82) is 0 Å². The van der Waals surface area contributed by atoms with Crippen LogP contribution in [0.15, 0.2) is 18.2 Å². The Morgan fingerprint density at radius 1 is 1.38 bits per heavy atom. The molecule has 0 spiro atoms. The second kappa shape index (κ2) is 6.32. The quantitative estimate of drug-likeness (QED) is 0.887. The van der Waals surface area contributed by atoms with Gasteiger partial charge < -0.3 is 24.4 Å². The number of hydrogen-bond donors (Lipinski definition) is 1. The summed E-state index contributed by atoms with van der Waals surface area (Å²) in [5.74, 6) is -0.480. The van der Waals surface area contributed by atoms with Crippen LogP contribution in [0.2, 0.25) is 0 Å². The molecule has 0 aromatic heterocycles. The number of carbonyl (C=O) groups excluding carboxylic acids is 2. The topological polar surface area (TPSA) is 79.3 Å². The van der Waals surface area contributed by atoms with Crippen molar-refractivity contribution < 1.29 is 24.2 Å². The van der Waals surface area contributed by atoms with E-state index in [9.17, 15) is 14.7 Å². The van der Waals surface area contributed by atoms with Crippen LogP contribution < -0.4 is 4.74 Å². The Bertz CT molecular complexity index is 660. The number of hydrogen-bond acceptors (Lipinski definition) is 5. The number of ether oxygens (including phenoxy) is 2. The van der Waals surface area contributed by atoms with Crippen molar-refractivity contribution in [2.75, 3.05) is 27.8 Å². The van der Waals surface area contributed by atoms with Crippen LogP contribution in [0, 0.1) is 0 Å². The third kappa shape index (κ3) is 2.58. The van der Waals surface area contributed by atoms with E-state index in [0.29, 0.717) is 19.4 Å². The molecule has 3 rings (SSSR count). The first-order chi connectivity index (χ1) is 11.5. The molecule has 0 radical (unpaired) electrons. The first-order valence-electron chi connectivity index (χ1n) is 7.97. The minimum atomic E-state index is -0.576. The molecule has 0 bridgehead atoms. The van der Waals surface area contributed by atoms with Gasteiger partial charge in [-0.2, -0.15) is 0 Å². The normalized spacial score (nSPS) is 25.5. The minimum Gasteiger partial charge on any atom is -0.504 e. The molecule has 2 fully saturated rings. The Balaban J connectivity index is 1.97. The third-order valence-corrected chi connectivity index (χ3v) is 4.73. The molecule has 2 saturated heterocycles. The van der Waals surface area contributed by atoms with Crippen molar-refractivity contribution in [1.82, 2.24) is 9.80 Å². The summed E-state index contributed by atoms with van der Waals surface area (Å²) < 4.78 is 10.8. The van der Waals surface area contributed by atoms with E-state index < -0.39 is 6.04 Å². The van der Waals surface area contributed by atoms with Crippen LogP contribution in [-0.4, -0.2) is 72.7 Å². The van der Waals surface area contributed by atoms with Gasteiger partial charge in [-0.3, -0.25) is 9.59 Å². The molecular weight excluding hydrogens is 312 g/mol. The number of benzene rings is 1. The number of nitrogens with zero attached hydrogens (tertiary/aromatic N) is 2. The standard InChI is InChI=1S/C17H22N2O5/c1-18(2)17(22)12-9-14-11(7-8-24-14)19(12)16(21)10-5-4-6-13(23-3)15(10)20/h4-6,11-12,14,20H,7-9H2,1-3H3/t11-,12?,14-/m0/s1. The summed E-state index contributed by atoms with van der Waals surface area (Å²) >= 11 is 0. The molecule has 2 aliphatic heterocycles. The Hall–Kier alpha value is -2.28. The molecular formula is C17H22N2O5. The van der Waals surface area contributed by atoms with Crippen LogP contribution in [0.1, 0.15) is 23.2 Å². The molecule has 1 N–H and O–H groups in total. The average molecular weight is 334 g/mol. The maximum atomic E-state index is 13.1. The molecule has 3 atom stereocenters. The molecule has 7 heteroatoms. The summed E-state index contributed by atoms with van der Waals surface area (Å²) in [6.45, 7) is 0.575. The van der Waals surface area contributed by atoms with Crippen molar-refractivity contribution in [3.8, 4) is 11.5 Å². The van der Waals surface area contributed by atoms with Gasteiger partial charge in [0.1, 0.15) is 6.04 Å². The number of rotatable bonds is 3. The second-order valence-corrected chi connectivity index (χ2v) is 6.32. The zero-order valence-electron chi connectivity index (χ0n) is 14.1. The Labute approximate surface area is 140 Å². The van der Waals surface area contributed by atoms with Gasteiger partial charge in [0.2, 0.25) is 5.91 Å². The number of para-hydroxylation sites is 1. The molecule has 0 aliphatic carbocycles. The fraction of sp³-hybridized carbons (Fsp3) is 0.529. The highest BCUT2D eigenvalue weighted by Crippen LogP contribution is 2.38. The number of fused-ring (bicyclic) bond motifs is 1. The van der Waals surface area contributed by atoms with Gasteiger partial charge in [-0.15, -0.1) is 0 Å². The number of carbonyl (C=O) groups is 2. The summed E-state index contributed by atoms with van der Waals surface area (Å²) in [4.78, 5) is 28.7. The van der Waals surface area contributed by atoms with E-state index in [1.165, 1.54) is 12.0 Å². The maximum Gasteiger partial charge on any atom is 0.258 e. The molecule has 1 aromatic rings. The molecule has 2 amide bonds. The van der Waals surface area contributed by atoms with Crippen molar-refractivity contribution in [3.05, 3.63) is 23.8 Å². The van der Waals surface area contributed by atoms with E-state index >= 15 is 0 Å². The summed E-state index contributed by atoms with van der Waals surface area (Å²) in [5.41, 5.74) is 0.137. The lowest BCUT2D eigenvalue weighted by Crippen LogP contribution is -2.48. The zero-order valence-corrected chi connectivity index (χ0v) is 14.1. The smallest absolute Gasteiger partial charge is 0.258 e. The van der Waals surface area contributed by atoms with Crippen LogP contribution in [0.4, 0.5) is 0 Å². The van der Waals surface area contributed by atoms with Crippen LogP contribution in [0.3, 0.4) is 0 Å². The maximum absolute atomic E-state index is 13.1. The van der Waals surface area contributed by atoms with Crippen molar-refractivity contribution in [2.45, 2.75) is 31.0 Å². The first-order valence-corrected chi connectivity index (χ1v) is 7.97. The summed E-state index contributed by atoms with van der Waals surface area (Å²) in [7, 11) is 4.77. The average Bonchev–Trinajstić information content (AvgIpc) is 3.14. The van der Waals surface area contributed by atoms with Gasteiger partial charge >= 0.3 is 0 Å². The molecule has 2 aliphatic rings. The lowest BCUT2D eigenvalue weighted by atomic mass is 10.1. The fourth-order valence-corrected chi connectivity index (χ4v) is 3.55. The van der Waals surface area contributed by atoms with Crippen LogP contribution >= 0.6 is 0 Å². The van der Waals surface area contributed by atoms with Crippen molar-refractivity contribution >= 4 is 11.8 Å². The van der Waals surface area contributed by atoms with Crippen molar-refractivity contribution in [3.63, 3.8) is 0 Å². The Kier molecular flexibility index (Phi) is 4.36. The van der Waals surface area contributed by atoms with E-state index in [4.69, 9.17) is 9.47 Å². The molecule has 0 saturated carbocycles. The predicted molar refractivity (Wildman–Crippen MR) is 86.1 cm³/mol. The largest absolute Gasteiger partial charge is 0.504 e. The summed E-state index contributed by atoms with van der Waals surface area (Å²) in [6.07, 6.45) is 1.05. The van der Waals surface area contributed by atoms with Crippen LogP contribution in [0.5, 0.6) is 11.5 Å². The third-order valence-electron chi connectivity index (χ3n) is 4.73. The number of phenols is 1. The fourth-order valence-electron chi connectivity index (χ4n) is 3.55. The minimum absolute atomic E-state index is 0.129. The molecule has 24 heavy (non-hydrogen) atoms. The highest BCUT2D eigenvalue weighted by atomic mass is 16.5. The van der Waals surface area contributed by atoms with Crippen molar-refractivity contribution in [2.24, 2.45) is 0 Å². The first kappa shape index (κ1) is 16.6. The number of phenolic OH excluding ortho intramolecular Hbond substituents is 1. The van der Waals surface area contributed by atoms with Gasteiger partial charge in [-0.1, -0.05) is 6.07 Å². The Morgan fingerprint density at radius 3 is 2.79 bits per heavy atom. The molecule has 2 heterocycles. The highest BCUT2D eigenvalue weighted by molar-refractivity contribution is 6.01. The summed E-state index contributed by atoms with van der Waals surface area (Å²) in [5, 5.41) is 10.3. The number of likely N-dealkylation sites (N-methyl/N-ethyl adjacent to an activating group) is 1. The molecule has 7 nitrogen and oxygen atoms in total. The van der Waals surface area contributed by atoms with E-state index in [2.05, 4.69) is 0 Å². The van der Waals surface area contributed by atoms with Crippen LogP contribution in [-0.2, 0) is 9.53 Å². The van der Waals surface area contributed by atoms with Gasteiger partial charge in [-0.25, -0.2) is 0 Å². The number of amides is 2. The highest BCUT2D eigenvalue weighted by Gasteiger charge is 2.50. The van der Waals surface area contributed by atoms with E-state index in [1.807, 2.05) is 0 Å². The number of likely N-dealkylation sites (tertiary alicyclic amines) is 1. The van der Waals surface area contributed by atoms with Crippen LogP contribution in [0.25, 0.3) is 0 Å². The van der Waals surface area contributed by atoms with E-state index in [-0.39, 0.29) is 41.0 Å². The number of aromatic hydroxyl groups is 1. The van der Waals surface area contributed by atoms with E-state index in [0.717, 1.165) is 0 Å². The lowest BCUT2D eigenvalue weighted by molar-refractivity contribution is -0.133. The Morgan fingerprint density at radius 2 is 2.12 bits per heavy atom. The van der Waals surface area contributed by atoms with Gasteiger partial charge in [0.15, 0.2) is 11.5 Å². The molecule has 1 unspecified atom stereocenters. The SMILES string of the molecule is COc1cccc(C(=O)N2C(C(=O)N(C)C)C[C@@H]3OCC[C@@H]32)c1O. The monoisotopic (exact) mass is 334 g/mol. The summed E-state index contributed by atoms with van der Waals surface area (Å²) in [6, 6.07) is 4.05. The van der Waals surface area contributed by atoms with Gasteiger partial charge in [0.05, 0.1) is 24.8 Å². The van der Waals surface area contributed by atoms with Gasteiger partial charge in [0.25, 0.3) is 5.91 Å². The predicted octanol–water partition coefficient (Wildman–Crippen LogP) is 0.861. The van der Waals surface area contributed by atoms with Gasteiger partial charge in [-0.05, 0) is 18.6 Å². The molecule has 130 valence electrons. The lowest BCUT2D eigenvalue weighted by Gasteiger charge is -2.30. The number of methoxy groups -OCH3 is 1. The molecule has 1 aromatic carbocycles. The second-order valence-electron chi connectivity index (χ2n) is 6.32.